The molecule has 0 heterocycles. The molecule has 14 heavy (non-hydrogen) atoms. The Bertz CT molecular complexity index is 326. The first-order valence-corrected chi connectivity index (χ1v) is 4.45. The zero-order valence-electron chi connectivity index (χ0n) is 7.41. The highest BCUT2D eigenvalue weighted by atomic mass is 35.5. The lowest BCUT2D eigenvalue weighted by Crippen LogP contribution is -1.94. The van der Waals surface area contributed by atoms with Gasteiger partial charge in [0.2, 0.25) is 0 Å². The van der Waals surface area contributed by atoms with Crippen molar-refractivity contribution in [2.24, 2.45) is 0 Å². The number of aliphatic hydroxyl groups excluding tert-OH is 1. The highest BCUT2D eigenvalue weighted by Crippen LogP contribution is 2.24. The summed E-state index contributed by atoms with van der Waals surface area (Å²) in [5.41, 5.74) is 0. The molecule has 1 aromatic rings. The fraction of sp³-hybridized carbons (Fsp3) is 0.200. The summed E-state index contributed by atoms with van der Waals surface area (Å²) in [6, 6.07) is 3.92. The summed E-state index contributed by atoms with van der Waals surface area (Å²) >= 11 is 5.70. The average molecular weight is 217 g/mol. The molecule has 2 nitrogen and oxygen atoms in total. The molecule has 0 amide bonds. The average Bonchev–Trinajstić information content (AvgIpc) is 2.15. The molecule has 1 N–H and O–H groups in total. The van der Waals surface area contributed by atoms with Crippen molar-refractivity contribution < 1.29 is 14.2 Å². The number of hydrogen-bond donors (Lipinski definition) is 1. The van der Waals surface area contributed by atoms with Gasteiger partial charge in [0.05, 0.1) is 11.6 Å². The predicted octanol–water partition coefficient (Wildman–Crippen LogP) is 2.41. The van der Waals surface area contributed by atoms with Gasteiger partial charge in [-0.2, -0.15) is 0 Å². The second-order valence-corrected chi connectivity index (χ2v) is 2.95. The zero-order valence-corrected chi connectivity index (χ0v) is 8.17. The van der Waals surface area contributed by atoms with Crippen molar-refractivity contribution >= 4 is 11.6 Å². The highest BCUT2D eigenvalue weighted by molar-refractivity contribution is 6.32. The molecule has 0 aliphatic rings. The molecular formula is C10H10ClFO2. The van der Waals surface area contributed by atoms with Gasteiger partial charge in [0.25, 0.3) is 0 Å². The van der Waals surface area contributed by atoms with Gasteiger partial charge in [-0.3, -0.25) is 0 Å². The van der Waals surface area contributed by atoms with E-state index in [1.807, 2.05) is 0 Å². The first-order valence-electron chi connectivity index (χ1n) is 4.07. The highest BCUT2D eigenvalue weighted by Gasteiger charge is 2.01. The second kappa shape index (κ2) is 5.62. The third kappa shape index (κ3) is 3.36. The lowest BCUT2D eigenvalue weighted by Gasteiger charge is -2.04. The topological polar surface area (TPSA) is 29.5 Å². The lowest BCUT2D eigenvalue weighted by molar-refractivity contribution is 0.336. The van der Waals surface area contributed by atoms with Crippen molar-refractivity contribution in [1.29, 1.82) is 0 Å². The molecule has 0 aliphatic carbocycles. The SMILES string of the molecule is OC/C=C/COc1ccc(F)cc1Cl. The first kappa shape index (κ1) is 11.0. The van der Waals surface area contributed by atoms with Crippen molar-refractivity contribution in [1.82, 2.24) is 0 Å². The maximum atomic E-state index is 12.6. The fourth-order valence-corrected chi connectivity index (χ4v) is 1.09. The van der Waals surface area contributed by atoms with Crippen LogP contribution in [-0.4, -0.2) is 18.3 Å². The molecule has 0 aromatic heterocycles. The largest absolute Gasteiger partial charge is 0.488 e. The number of rotatable bonds is 4. The molecule has 0 spiro atoms. The van der Waals surface area contributed by atoms with E-state index in [2.05, 4.69) is 0 Å². The Hall–Kier alpha value is -1.06. The van der Waals surface area contributed by atoms with Crippen LogP contribution in [0.2, 0.25) is 5.02 Å². The summed E-state index contributed by atoms with van der Waals surface area (Å²) in [5.74, 6) is 0.0314. The molecule has 1 rings (SSSR count). The minimum atomic E-state index is -0.395. The Balaban J connectivity index is 2.55. The molecule has 0 unspecified atom stereocenters. The van der Waals surface area contributed by atoms with Crippen LogP contribution in [0, 0.1) is 5.82 Å². The van der Waals surface area contributed by atoms with Crippen molar-refractivity contribution in [2.75, 3.05) is 13.2 Å². The molecule has 0 saturated heterocycles. The van der Waals surface area contributed by atoms with Crippen LogP contribution in [0.5, 0.6) is 5.75 Å². The molecule has 0 fully saturated rings. The van der Waals surface area contributed by atoms with Gasteiger partial charge < -0.3 is 9.84 Å². The van der Waals surface area contributed by atoms with Crippen molar-refractivity contribution in [3.05, 3.63) is 41.2 Å². The van der Waals surface area contributed by atoms with E-state index in [0.717, 1.165) is 0 Å². The minimum Gasteiger partial charge on any atom is -0.488 e. The van der Waals surface area contributed by atoms with E-state index >= 15 is 0 Å². The summed E-state index contributed by atoms with van der Waals surface area (Å²) in [6.07, 6.45) is 3.21. The third-order valence-corrected chi connectivity index (χ3v) is 1.80. The van der Waals surface area contributed by atoms with Crippen LogP contribution in [0.4, 0.5) is 4.39 Å². The van der Waals surface area contributed by atoms with Crippen LogP contribution in [0.1, 0.15) is 0 Å². The molecule has 0 atom stereocenters. The Kier molecular flexibility index (Phi) is 4.43. The van der Waals surface area contributed by atoms with Gasteiger partial charge in [0.15, 0.2) is 0 Å². The van der Waals surface area contributed by atoms with Crippen molar-refractivity contribution in [3.63, 3.8) is 0 Å². The van der Waals surface area contributed by atoms with E-state index < -0.39 is 5.82 Å². The summed E-state index contributed by atoms with van der Waals surface area (Å²) < 4.78 is 17.8. The molecule has 76 valence electrons. The zero-order chi connectivity index (χ0) is 10.4. The molecule has 0 aliphatic heterocycles. The summed E-state index contributed by atoms with van der Waals surface area (Å²) in [5, 5.41) is 8.67. The van der Waals surface area contributed by atoms with Crippen LogP contribution in [0.3, 0.4) is 0 Å². The summed E-state index contributed by atoms with van der Waals surface area (Å²) in [4.78, 5) is 0. The van der Waals surface area contributed by atoms with E-state index in [-0.39, 0.29) is 11.6 Å². The summed E-state index contributed by atoms with van der Waals surface area (Å²) in [7, 11) is 0. The monoisotopic (exact) mass is 216 g/mol. The normalized spacial score (nSPS) is 10.8. The smallest absolute Gasteiger partial charge is 0.138 e. The molecular weight excluding hydrogens is 207 g/mol. The number of halogens is 2. The van der Waals surface area contributed by atoms with Crippen LogP contribution in [0.15, 0.2) is 30.4 Å². The van der Waals surface area contributed by atoms with E-state index in [1.54, 1.807) is 12.2 Å². The fourth-order valence-electron chi connectivity index (χ4n) is 0.873. The molecule has 0 bridgehead atoms. The number of ether oxygens (including phenoxy) is 1. The molecule has 4 heteroatoms. The summed E-state index contributed by atoms with van der Waals surface area (Å²) in [6.45, 7) is 0.270. The van der Waals surface area contributed by atoms with Gasteiger partial charge in [-0.05, 0) is 24.3 Å². The predicted molar refractivity (Wildman–Crippen MR) is 53.1 cm³/mol. The van der Waals surface area contributed by atoms with Gasteiger partial charge in [-0.25, -0.2) is 4.39 Å². The van der Waals surface area contributed by atoms with Crippen molar-refractivity contribution in [2.45, 2.75) is 0 Å². The van der Waals surface area contributed by atoms with E-state index in [4.69, 9.17) is 21.4 Å². The maximum absolute atomic E-state index is 12.6. The number of hydrogen-bond acceptors (Lipinski definition) is 2. The Morgan fingerprint density at radius 2 is 2.21 bits per heavy atom. The van der Waals surface area contributed by atoms with Gasteiger partial charge in [-0.15, -0.1) is 0 Å². The van der Waals surface area contributed by atoms with Crippen LogP contribution < -0.4 is 4.74 Å². The van der Waals surface area contributed by atoms with E-state index in [9.17, 15) is 4.39 Å². The Labute approximate surface area is 86.6 Å². The van der Waals surface area contributed by atoms with Gasteiger partial charge in [-0.1, -0.05) is 17.7 Å². The minimum absolute atomic E-state index is 0.0273. The number of benzene rings is 1. The van der Waals surface area contributed by atoms with Gasteiger partial charge in [0, 0.05) is 0 Å². The van der Waals surface area contributed by atoms with Crippen molar-refractivity contribution in [3.8, 4) is 5.75 Å². The third-order valence-electron chi connectivity index (χ3n) is 1.50. The standard InChI is InChI=1S/C10H10ClFO2/c11-9-7-8(12)3-4-10(9)14-6-2-1-5-13/h1-4,7,13H,5-6H2/b2-1+. The molecule has 0 radical (unpaired) electrons. The van der Waals surface area contributed by atoms with E-state index in [1.165, 1.54) is 18.2 Å². The lowest BCUT2D eigenvalue weighted by atomic mass is 10.3. The first-order chi connectivity index (χ1) is 6.74. The maximum Gasteiger partial charge on any atom is 0.138 e. The van der Waals surface area contributed by atoms with Crippen LogP contribution in [0.25, 0.3) is 0 Å². The second-order valence-electron chi connectivity index (χ2n) is 2.54. The quantitative estimate of drug-likeness (QED) is 0.784. The van der Waals surface area contributed by atoms with E-state index in [0.29, 0.717) is 12.4 Å². The molecule has 1 aromatic carbocycles. The van der Waals surface area contributed by atoms with Crippen LogP contribution in [-0.2, 0) is 0 Å². The Morgan fingerprint density at radius 1 is 1.43 bits per heavy atom. The van der Waals surface area contributed by atoms with Gasteiger partial charge >= 0.3 is 0 Å². The van der Waals surface area contributed by atoms with Gasteiger partial charge in [0.1, 0.15) is 18.2 Å². The number of aliphatic hydroxyl groups is 1. The van der Waals surface area contributed by atoms with Crippen LogP contribution >= 0.6 is 11.6 Å². The molecule has 0 saturated carbocycles. The Morgan fingerprint density at radius 3 is 2.86 bits per heavy atom.